The van der Waals surface area contributed by atoms with E-state index in [9.17, 15) is 9.59 Å². The molecule has 2 N–H and O–H groups in total. The molecule has 2 aromatic rings. The second-order valence-corrected chi connectivity index (χ2v) is 6.94. The molecule has 0 saturated carbocycles. The number of esters is 1. The Hall–Kier alpha value is -2.08. The first-order chi connectivity index (χ1) is 12.1. The predicted molar refractivity (Wildman–Crippen MR) is 100 cm³/mol. The number of H-pyrrole nitrogens is 1. The fourth-order valence-electron chi connectivity index (χ4n) is 3.00. The summed E-state index contributed by atoms with van der Waals surface area (Å²) in [6.07, 6.45) is 7.89. The molecule has 1 amide bonds. The lowest BCUT2D eigenvalue weighted by atomic mass is 9.97. The van der Waals surface area contributed by atoms with E-state index >= 15 is 0 Å². The minimum Gasteiger partial charge on any atom is -0.451 e. The summed E-state index contributed by atoms with van der Waals surface area (Å²) in [5.74, 6) is -0.829. The molecular formula is C19H21BrN2O3. The third kappa shape index (κ3) is 4.51. The molecule has 1 aromatic carbocycles. The number of allylic oxidation sites excluding steroid dienone is 1. The number of fused-ring (bicyclic) bond motifs is 1. The zero-order valence-electron chi connectivity index (χ0n) is 13.9. The number of rotatable bonds is 6. The molecule has 132 valence electrons. The van der Waals surface area contributed by atoms with Crippen molar-refractivity contribution in [2.45, 2.75) is 32.1 Å². The molecule has 1 aliphatic rings. The molecule has 5 nitrogen and oxygen atoms in total. The van der Waals surface area contributed by atoms with Crippen molar-refractivity contribution in [1.82, 2.24) is 10.3 Å². The summed E-state index contributed by atoms with van der Waals surface area (Å²) < 4.78 is 5.77. The van der Waals surface area contributed by atoms with Crippen LogP contribution in [-0.4, -0.2) is 30.0 Å². The van der Waals surface area contributed by atoms with E-state index in [1.807, 2.05) is 24.3 Å². The van der Waals surface area contributed by atoms with Gasteiger partial charge in [0, 0.05) is 17.4 Å². The second kappa shape index (κ2) is 8.34. The van der Waals surface area contributed by atoms with Gasteiger partial charge >= 0.3 is 5.97 Å². The van der Waals surface area contributed by atoms with Crippen LogP contribution in [0.2, 0.25) is 0 Å². The largest absolute Gasteiger partial charge is 0.451 e. The van der Waals surface area contributed by atoms with Crippen molar-refractivity contribution in [3.8, 4) is 0 Å². The van der Waals surface area contributed by atoms with E-state index in [-0.39, 0.29) is 12.5 Å². The molecule has 0 radical (unpaired) electrons. The van der Waals surface area contributed by atoms with Gasteiger partial charge in [0.25, 0.3) is 5.91 Å². The minimum absolute atomic E-state index is 0.278. The average Bonchev–Trinajstić information content (AvgIpc) is 2.98. The van der Waals surface area contributed by atoms with Crippen LogP contribution in [0.25, 0.3) is 10.9 Å². The zero-order chi connectivity index (χ0) is 17.6. The molecule has 0 aliphatic heterocycles. The van der Waals surface area contributed by atoms with E-state index in [1.54, 1.807) is 0 Å². The highest BCUT2D eigenvalue weighted by molar-refractivity contribution is 9.10. The first kappa shape index (κ1) is 17.7. The Balaban J connectivity index is 1.47. The van der Waals surface area contributed by atoms with Crippen LogP contribution in [0.4, 0.5) is 0 Å². The molecule has 0 spiro atoms. The molecule has 0 fully saturated rings. The Morgan fingerprint density at radius 3 is 2.84 bits per heavy atom. The van der Waals surface area contributed by atoms with Gasteiger partial charge in [-0.15, -0.1) is 0 Å². The van der Waals surface area contributed by atoms with Crippen LogP contribution < -0.4 is 5.32 Å². The van der Waals surface area contributed by atoms with Gasteiger partial charge in [-0.3, -0.25) is 4.79 Å². The molecular weight excluding hydrogens is 384 g/mol. The Morgan fingerprint density at radius 2 is 2.08 bits per heavy atom. The summed E-state index contributed by atoms with van der Waals surface area (Å²) in [6, 6.07) is 7.56. The maximum atomic E-state index is 12.2. The number of ether oxygens (including phenoxy) is 1. The SMILES string of the molecule is O=C(COC(=O)c1[nH]c2ccccc2c1Br)NCCC1=CCCCC1. The van der Waals surface area contributed by atoms with Gasteiger partial charge in [-0.05, 0) is 54.1 Å². The monoisotopic (exact) mass is 404 g/mol. The number of aromatic nitrogens is 1. The average molecular weight is 405 g/mol. The summed E-state index contributed by atoms with van der Waals surface area (Å²) in [5, 5.41) is 3.70. The molecule has 0 bridgehead atoms. The third-order valence-electron chi connectivity index (χ3n) is 4.33. The van der Waals surface area contributed by atoms with E-state index in [2.05, 4.69) is 32.3 Å². The molecule has 1 aliphatic carbocycles. The summed E-state index contributed by atoms with van der Waals surface area (Å²) in [4.78, 5) is 27.0. The van der Waals surface area contributed by atoms with Crippen LogP contribution in [-0.2, 0) is 9.53 Å². The number of aromatic amines is 1. The number of amides is 1. The molecule has 3 rings (SSSR count). The summed E-state index contributed by atoms with van der Waals surface area (Å²) in [5.41, 5.74) is 2.57. The van der Waals surface area contributed by atoms with Crippen LogP contribution in [0.1, 0.15) is 42.6 Å². The molecule has 0 unspecified atom stereocenters. The number of carbonyl (C=O) groups is 2. The summed E-state index contributed by atoms with van der Waals surface area (Å²) in [7, 11) is 0. The zero-order valence-corrected chi connectivity index (χ0v) is 15.5. The van der Waals surface area contributed by atoms with Crippen molar-refractivity contribution in [2.24, 2.45) is 0 Å². The molecule has 6 heteroatoms. The van der Waals surface area contributed by atoms with Crippen LogP contribution in [0, 0.1) is 0 Å². The van der Waals surface area contributed by atoms with Crippen LogP contribution in [0.15, 0.2) is 40.4 Å². The Labute approximate surface area is 154 Å². The fourth-order valence-corrected chi connectivity index (χ4v) is 3.60. The molecule has 1 aromatic heterocycles. The van der Waals surface area contributed by atoms with Gasteiger partial charge in [-0.1, -0.05) is 29.8 Å². The van der Waals surface area contributed by atoms with Gasteiger partial charge < -0.3 is 15.0 Å². The van der Waals surface area contributed by atoms with E-state index in [1.165, 1.54) is 18.4 Å². The van der Waals surface area contributed by atoms with Crippen molar-refractivity contribution in [2.75, 3.05) is 13.2 Å². The lowest BCUT2D eigenvalue weighted by Gasteiger charge is -2.12. The Kier molecular flexibility index (Phi) is 5.91. The van der Waals surface area contributed by atoms with E-state index < -0.39 is 5.97 Å². The number of carbonyl (C=O) groups excluding carboxylic acids is 2. The van der Waals surface area contributed by atoms with Gasteiger partial charge in [0.15, 0.2) is 6.61 Å². The lowest BCUT2D eigenvalue weighted by Crippen LogP contribution is -2.30. The number of para-hydroxylation sites is 1. The van der Waals surface area contributed by atoms with Gasteiger partial charge in [0.2, 0.25) is 0 Å². The first-order valence-electron chi connectivity index (χ1n) is 8.53. The van der Waals surface area contributed by atoms with Crippen molar-refractivity contribution < 1.29 is 14.3 Å². The van der Waals surface area contributed by atoms with E-state index in [0.29, 0.717) is 16.7 Å². The smallest absolute Gasteiger partial charge is 0.356 e. The second-order valence-electron chi connectivity index (χ2n) is 6.14. The van der Waals surface area contributed by atoms with Gasteiger partial charge in [-0.25, -0.2) is 4.79 Å². The minimum atomic E-state index is -0.548. The molecule has 0 saturated heterocycles. The van der Waals surface area contributed by atoms with E-state index in [4.69, 9.17) is 4.74 Å². The fraction of sp³-hybridized carbons (Fsp3) is 0.368. The first-order valence-corrected chi connectivity index (χ1v) is 9.32. The number of halogens is 1. The van der Waals surface area contributed by atoms with Gasteiger partial charge in [0.1, 0.15) is 5.69 Å². The highest BCUT2D eigenvalue weighted by Crippen LogP contribution is 2.28. The number of nitrogens with one attached hydrogen (secondary N) is 2. The highest BCUT2D eigenvalue weighted by atomic mass is 79.9. The Bertz CT molecular complexity index is 810. The maximum Gasteiger partial charge on any atom is 0.356 e. The molecule has 1 heterocycles. The van der Waals surface area contributed by atoms with Gasteiger partial charge in [-0.2, -0.15) is 0 Å². The van der Waals surface area contributed by atoms with Crippen LogP contribution >= 0.6 is 15.9 Å². The Morgan fingerprint density at radius 1 is 1.24 bits per heavy atom. The number of hydrogen-bond acceptors (Lipinski definition) is 3. The van der Waals surface area contributed by atoms with Gasteiger partial charge in [0.05, 0.1) is 4.47 Å². The highest BCUT2D eigenvalue weighted by Gasteiger charge is 2.18. The number of hydrogen-bond donors (Lipinski definition) is 2. The van der Waals surface area contributed by atoms with E-state index in [0.717, 1.165) is 30.2 Å². The van der Waals surface area contributed by atoms with Crippen LogP contribution in [0.5, 0.6) is 0 Å². The summed E-state index contributed by atoms with van der Waals surface area (Å²) in [6.45, 7) is 0.304. The third-order valence-corrected chi connectivity index (χ3v) is 5.16. The quantitative estimate of drug-likeness (QED) is 0.562. The van der Waals surface area contributed by atoms with Crippen molar-refractivity contribution in [1.29, 1.82) is 0 Å². The normalized spacial score (nSPS) is 14.2. The number of benzene rings is 1. The van der Waals surface area contributed by atoms with Crippen molar-refractivity contribution in [3.63, 3.8) is 0 Å². The van der Waals surface area contributed by atoms with Crippen LogP contribution in [0.3, 0.4) is 0 Å². The standard InChI is InChI=1S/C19H21BrN2O3/c20-17-14-8-4-5-9-15(14)22-18(17)19(24)25-12-16(23)21-11-10-13-6-2-1-3-7-13/h4-6,8-9,22H,1-3,7,10-12H2,(H,21,23). The molecule has 0 atom stereocenters. The van der Waals surface area contributed by atoms with Crippen molar-refractivity contribution in [3.05, 3.63) is 46.1 Å². The van der Waals surface area contributed by atoms with Crippen molar-refractivity contribution >= 4 is 38.7 Å². The topological polar surface area (TPSA) is 71.2 Å². The molecule has 25 heavy (non-hydrogen) atoms. The lowest BCUT2D eigenvalue weighted by molar-refractivity contribution is -0.124. The maximum absolute atomic E-state index is 12.2. The summed E-state index contributed by atoms with van der Waals surface area (Å²) >= 11 is 3.41. The predicted octanol–water partition coefficient (Wildman–Crippen LogP) is 4.09.